The van der Waals surface area contributed by atoms with Crippen molar-refractivity contribution in [3.63, 3.8) is 0 Å². The van der Waals surface area contributed by atoms with Crippen LogP contribution in [-0.2, 0) is 4.74 Å². The highest BCUT2D eigenvalue weighted by Gasteiger charge is 2.26. The van der Waals surface area contributed by atoms with E-state index in [1.165, 1.54) is 19.4 Å². The van der Waals surface area contributed by atoms with Crippen LogP contribution in [0.5, 0.6) is 0 Å². The first kappa shape index (κ1) is 12.3. The molecule has 94 valence electrons. The van der Waals surface area contributed by atoms with Gasteiger partial charge in [0.25, 0.3) is 0 Å². The van der Waals surface area contributed by atoms with Crippen LogP contribution in [0.15, 0.2) is 0 Å². The van der Waals surface area contributed by atoms with Gasteiger partial charge >= 0.3 is 0 Å². The zero-order valence-electron chi connectivity index (χ0n) is 10.2. The molecule has 0 saturated carbocycles. The van der Waals surface area contributed by atoms with Crippen LogP contribution in [-0.4, -0.2) is 62.0 Å². The Kier molecular flexibility index (Phi) is 4.58. The van der Waals surface area contributed by atoms with E-state index in [9.17, 15) is 5.11 Å². The molecule has 3 unspecified atom stereocenters. The second-order valence-corrected chi connectivity index (χ2v) is 5.22. The third kappa shape index (κ3) is 3.42. The molecule has 2 N–H and O–H groups in total. The van der Waals surface area contributed by atoms with Gasteiger partial charge in [0.05, 0.1) is 12.7 Å². The van der Waals surface area contributed by atoms with E-state index >= 15 is 0 Å². The first-order valence-corrected chi connectivity index (χ1v) is 6.40. The van der Waals surface area contributed by atoms with Gasteiger partial charge < -0.3 is 20.1 Å². The first-order chi connectivity index (χ1) is 7.78. The van der Waals surface area contributed by atoms with Gasteiger partial charge in [0, 0.05) is 32.8 Å². The highest BCUT2D eigenvalue weighted by atomic mass is 16.5. The van der Waals surface area contributed by atoms with Crippen LogP contribution in [0.3, 0.4) is 0 Å². The topological polar surface area (TPSA) is 44.7 Å². The van der Waals surface area contributed by atoms with E-state index in [1.807, 2.05) is 0 Å². The van der Waals surface area contributed by atoms with Crippen molar-refractivity contribution < 1.29 is 9.84 Å². The van der Waals surface area contributed by atoms with Gasteiger partial charge in [-0.2, -0.15) is 0 Å². The Morgan fingerprint density at radius 2 is 2.38 bits per heavy atom. The minimum Gasteiger partial charge on any atom is -0.392 e. The molecule has 0 amide bonds. The van der Waals surface area contributed by atoms with E-state index < -0.39 is 0 Å². The molecule has 0 radical (unpaired) electrons. The standard InChI is InChI=1S/C12H24N2O2/c1-16-9-10-3-2-4-14(7-10)8-11-5-12(15)6-13-11/h10-13,15H,2-9H2,1H3. The second kappa shape index (κ2) is 5.96. The smallest absolute Gasteiger partial charge is 0.0680 e. The molecule has 0 aliphatic carbocycles. The summed E-state index contributed by atoms with van der Waals surface area (Å²) in [6, 6.07) is 0.483. The maximum atomic E-state index is 9.46. The second-order valence-electron chi connectivity index (χ2n) is 5.22. The van der Waals surface area contributed by atoms with Crippen LogP contribution in [0, 0.1) is 5.92 Å². The minimum absolute atomic E-state index is 0.135. The molecule has 16 heavy (non-hydrogen) atoms. The summed E-state index contributed by atoms with van der Waals surface area (Å²) in [4.78, 5) is 2.52. The predicted octanol–water partition coefficient (Wildman–Crippen LogP) is 0.0676. The number of β-amino-alcohol motifs (C(OH)–C–C–N with tert-alkyl or cyclic N) is 1. The van der Waals surface area contributed by atoms with E-state index in [4.69, 9.17) is 4.74 Å². The average Bonchev–Trinajstić information content (AvgIpc) is 2.65. The van der Waals surface area contributed by atoms with E-state index in [1.54, 1.807) is 7.11 Å². The quantitative estimate of drug-likeness (QED) is 0.714. The van der Waals surface area contributed by atoms with E-state index in [2.05, 4.69) is 10.2 Å². The Morgan fingerprint density at radius 1 is 1.50 bits per heavy atom. The number of rotatable bonds is 4. The molecular weight excluding hydrogens is 204 g/mol. The van der Waals surface area contributed by atoms with Crippen molar-refractivity contribution in [1.29, 1.82) is 0 Å². The molecule has 2 aliphatic rings. The summed E-state index contributed by atoms with van der Waals surface area (Å²) in [6.45, 7) is 5.09. The van der Waals surface area contributed by atoms with Gasteiger partial charge in [0.15, 0.2) is 0 Å². The molecule has 2 rings (SSSR count). The predicted molar refractivity (Wildman–Crippen MR) is 63.5 cm³/mol. The molecular formula is C12H24N2O2. The summed E-state index contributed by atoms with van der Waals surface area (Å²) in [5, 5.41) is 12.8. The number of ether oxygens (including phenoxy) is 1. The number of aliphatic hydroxyl groups excluding tert-OH is 1. The van der Waals surface area contributed by atoms with Gasteiger partial charge in [-0.05, 0) is 31.7 Å². The molecule has 0 aromatic heterocycles. The van der Waals surface area contributed by atoms with Gasteiger partial charge in [0.1, 0.15) is 0 Å². The van der Waals surface area contributed by atoms with Crippen LogP contribution in [0.25, 0.3) is 0 Å². The maximum absolute atomic E-state index is 9.46. The highest BCUT2D eigenvalue weighted by Crippen LogP contribution is 2.18. The minimum atomic E-state index is -0.135. The molecule has 2 aliphatic heterocycles. The van der Waals surface area contributed by atoms with Crippen molar-refractivity contribution in [3.05, 3.63) is 0 Å². The number of piperidine rings is 1. The maximum Gasteiger partial charge on any atom is 0.0680 e. The Hall–Kier alpha value is -0.160. The largest absolute Gasteiger partial charge is 0.392 e. The Balaban J connectivity index is 1.72. The molecule has 3 atom stereocenters. The molecule has 2 heterocycles. The van der Waals surface area contributed by atoms with Crippen LogP contribution < -0.4 is 5.32 Å². The van der Waals surface area contributed by atoms with Crippen molar-refractivity contribution in [2.24, 2.45) is 5.92 Å². The SMILES string of the molecule is COCC1CCCN(CC2CC(O)CN2)C1. The van der Waals surface area contributed by atoms with Gasteiger partial charge in [-0.25, -0.2) is 0 Å². The van der Waals surface area contributed by atoms with Crippen LogP contribution in [0.2, 0.25) is 0 Å². The van der Waals surface area contributed by atoms with Crippen LogP contribution >= 0.6 is 0 Å². The lowest BCUT2D eigenvalue weighted by Gasteiger charge is -2.33. The summed E-state index contributed by atoms with van der Waals surface area (Å²) in [6.07, 6.45) is 3.35. The zero-order valence-corrected chi connectivity index (χ0v) is 10.2. The fourth-order valence-corrected chi connectivity index (χ4v) is 2.94. The summed E-state index contributed by atoms with van der Waals surface area (Å²) in [5.41, 5.74) is 0. The molecule has 0 spiro atoms. The van der Waals surface area contributed by atoms with Crippen molar-refractivity contribution >= 4 is 0 Å². The molecule has 2 saturated heterocycles. The molecule has 0 aromatic carbocycles. The van der Waals surface area contributed by atoms with Crippen molar-refractivity contribution in [2.45, 2.75) is 31.4 Å². The van der Waals surface area contributed by atoms with Gasteiger partial charge in [-0.15, -0.1) is 0 Å². The number of hydrogen-bond donors (Lipinski definition) is 2. The Morgan fingerprint density at radius 3 is 3.06 bits per heavy atom. The average molecular weight is 228 g/mol. The first-order valence-electron chi connectivity index (χ1n) is 6.40. The lowest BCUT2D eigenvalue weighted by Crippen LogP contribution is -2.43. The van der Waals surface area contributed by atoms with Crippen molar-refractivity contribution in [1.82, 2.24) is 10.2 Å². The number of nitrogens with zero attached hydrogens (tertiary/aromatic N) is 1. The summed E-state index contributed by atoms with van der Waals surface area (Å²) in [5.74, 6) is 0.699. The normalized spacial score (nSPS) is 36.8. The van der Waals surface area contributed by atoms with Crippen molar-refractivity contribution in [2.75, 3.05) is 39.9 Å². The molecule has 0 bridgehead atoms. The summed E-state index contributed by atoms with van der Waals surface area (Å²) in [7, 11) is 1.79. The lowest BCUT2D eigenvalue weighted by molar-refractivity contribution is 0.0858. The Labute approximate surface area is 98.0 Å². The van der Waals surface area contributed by atoms with Gasteiger partial charge in [-0.1, -0.05) is 0 Å². The fraction of sp³-hybridized carbons (Fsp3) is 1.00. The van der Waals surface area contributed by atoms with Crippen LogP contribution in [0.1, 0.15) is 19.3 Å². The monoisotopic (exact) mass is 228 g/mol. The zero-order chi connectivity index (χ0) is 11.4. The number of nitrogens with one attached hydrogen (secondary N) is 1. The molecule has 4 heteroatoms. The molecule has 0 aromatic rings. The number of aliphatic hydroxyl groups is 1. The summed E-state index contributed by atoms with van der Waals surface area (Å²) < 4.78 is 5.23. The number of hydrogen-bond acceptors (Lipinski definition) is 4. The Bertz CT molecular complexity index is 211. The number of methoxy groups -OCH3 is 1. The molecule has 2 fully saturated rings. The van der Waals surface area contributed by atoms with Crippen LogP contribution in [0.4, 0.5) is 0 Å². The third-order valence-corrected chi connectivity index (χ3v) is 3.68. The van der Waals surface area contributed by atoms with Gasteiger partial charge in [-0.3, -0.25) is 0 Å². The highest BCUT2D eigenvalue weighted by molar-refractivity contribution is 4.85. The van der Waals surface area contributed by atoms with Gasteiger partial charge in [0.2, 0.25) is 0 Å². The van der Waals surface area contributed by atoms with E-state index in [0.717, 1.165) is 32.7 Å². The fourth-order valence-electron chi connectivity index (χ4n) is 2.94. The van der Waals surface area contributed by atoms with Crippen molar-refractivity contribution in [3.8, 4) is 0 Å². The summed E-state index contributed by atoms with van der Waals surface area (Å²) >= 11 is 0. The van der Waals surface area contributed by atoms with E-state index in [-0.39, 0.29) is 6.10 Å². The molecule has 4 nitrogen and oxygen atoms in total. The van der Waals surface area contributed by atoms with E-state index in [0.29, 0.717) is 12.0 Å². The number of likely N-dealkylation sites (tertiary alicyclic amines) is 1. The lowest BCUT2D eigenvalue weighted by atomic mass is 9.98. The third-order valence-electron chi connectivity index (χ3n) is 3.68.